The summed E-state index contributed by atoms with van der Waals surface area (Å²) in [5, 5.41) is 28.3. The molecule has 2 heterocycles. The fraction of sp³-hybridized carbons (Fsp3) is 0.639. The van der Waals surface area contributed by atoms with Crippen molar-refractivity contribution in [3.8, 4) is 11.6 Å². The van der Waals surface area contributed by atoms with Crippen molar-refractivity contribution in [1.82, 2.24) is 15.0 Å². The lowest BCUT2D eigenvalue weighted by atomic mass is 9.57. The summed E-state index contributed by atoms with van der Waals surface area (Å²) in [6.45, 7) is 8.37. The van der Waals surface area contributed by atoms with Crippen molar-refractivity contribution in [3.63, 3.8) is 0 Å². The maximum absolute atomic E-state index is 16.9. The molecule has 6 rings (SSSR count). The summed E-state index contributed by atoms with van der Waals surface area (Å²) >= 11 is 3.66. The molecule has 2 aromatic rings. The molecule has 48 heavy (non-hydrogen) atoms. The van der Waals surface area contributed by atoms with Crippen molar-refractivity contribution in [2.45, 2.75) is 96.2 Å². The number of likely N-dealkylation sites (tertiary alicyclic amines) is 1. The number of Topliss-reactive ketones (excluding diaryl/α,β-unsaturated/α-hetero) is 2. The number of rotatable bonds is 11. The molecule has 1 aliphatic heterocycles. The highest BCUT2D eigenvalue weighted by atomic mass is 79.9. The molecule has 0 bridgehead atoms. The number of carbonyl (C=O) groups excluding carboxylic acids is 2. The van der Waals surface area contributed by atoms with E-state index < -0.39 is 46.6 Å². The first-order valence-corrected chi connectivity index (χ1v) is 18.2. The van der Waals surface area contributed by atoms with Crippen LogP contribution in [0.3, 0.4) is 0 Å². The lowest BCUT2D eigenvalue weighted by Crippen LogP contribution is -2.63. The van der Waals surface area contributed by atoms with Gasteiger partial charge in [-0.1, -0.05) is 33.1 Å². The number of aliphatic hydroxyl groups is 2. The Labute approximate surface area is 289 Å². The van der Waals surface area contributed by atoms with Crippen LogP contribution in [0.1, 0.15) is 117 Å². The molecular weight excluding hydrogens is 685 g/mol. The number of carbonyl (C=O) groups is 2. The number of ether oxygens (including phenoxy) is 2. The summed E-state index contributed by atoms with van der Waals surface area (Å²) in [6.07, 6.45) is 6.63. The van der Waals surface area contributed by atoms with Crippen LogP contribution in [0.25, 0.3) is 5.76 Å². The number of aliphatic hydroxyl groups excluding tert-OH is 1. The van der Waals surface area contributed by atoms with E-state index in [1.54, 1.807) is 19.0 Å². The average molecular weight is 733 g/mol. The number of fused-ring (bicyclic) bond motifs is 4. The maximum Gasteiger partial charge on any atom is 0.265 e. The van der Waals surface area contributed by atoms with Gasteiger partial charge in [-0.05, 0) is 99.6 Å². The highest BCUT2D eigenvalue weighted by Crippen LogP contribution is 2.57. The van der Waals surface area contributed by atoms with Crippen molar-refractivity contribution in [2.75, 3.05) is 40.4 Å². The normalized spacial score (nSPS) is 26.2. The molecule has 10 nitrogen and oxygen atoms in total. The van der Waals surface area contributed by atoms with Crippen LogP contribution in [0.4, 0.5) is 4.39 Å². The molecule has 5 atom stereocenters. The summed E-state index contributed by atoms with van der Waals surface area (Å²) in [4.78, 5) is 32.9. The summed E-state index contributed by atoms with van der Waals surface area (Å²) in [5.74, 6) is -3.80. The van der Waals surface area contributed by atoms with E-state index in [9.17, 15) is 19.8 Å². The Bertz CT molecular complexity index is 1620. The van der Waals surface area contributed by atoms with Gasteiger partial charge >= 0.3 is 0 Å². The number of ketones is 2. The van der Waals surface area contributed by atoms with Crippen LogP contribution in [-0.2, 0) is 11.2 Å². The molecule has 2 fully saturated rings. The number of aromatic nitrogens is 1. The Kier molecular flexibility index (Phi) is 10.1. The van der Waals surface area contributed by atoms with Crippen LogP contribution < -0.4 is 9.47 Å². The highest BCUT2D eigenvalue weighted by Gasteiger charge is 2.65. The summed E-state index contributed by atoms with van der Waals surface area (Å²) in [7, 11) is 3.55. The van der Waals surface area contributed by atoms with Gasteiger partial charge in [0.15, 0.2) is 11.4 Å². The van der Waals surface area contributed by atoms with Gasteiger partial charge in [0.25, 0.3) is 5.88 Å². The summed E-state index contributed by atoms with van der Waals surface area (Å²) in [5.41, 5.74) is -1.80. The number of benzene rings is 1. The van der Waals surface area contributed by atoms with E-state index in [-0.39, 0.29) is 65.1 Å². The fourth-order valence-corrected chi connectivity index (χ4v) is 9.03. The lowest BCUT2D eigenvalue weighted by Gasteiger charge is -2.49. The Morgan fingerprint density at radius 3 is 2.40 bits per heavy atom. The van der Waals surface area contributed by atoms with Gasteiger partial charge in [0.1, 0.15) is 22.9 Å². The van der Waals surface area contributed by atoms with Gasteiger partial charge in [0, 0.05) is 28.7 Å². The largest absolute Gasteiger partial charge is 0.507 e. The van der Waals surface area contributed by atoms with E-state index in [0.29, 0.717) is 23.1 Å². The minimum atomic E-state index is -2.52. The van der Waals surface area contributed by atoms with E-state index in [1.807, 2.05) is 20.8 Å². The Hall–Kier alpha value is -2.80. The van der Waals surface area contributed by atoms with Crippen LogP contribution >= 0.6 is 15.9 Å². The van der Waals surface area contributed by atoms with Gasteiger partial charge in [0.2, 0.25) is 11.6 Å². The fourth-order valence-electron chi connectivity index (χ4n) is 8.22. The molecule has 12 heteroatoms. The van der Waals surface area contributed by atoms with Crippen LogP contribution in [0, 0.1) is 17.7 Å². The number of piperidine rings is 1. The highest BCUT2D eigenvalue weighted by molar-refractivity contribution is 9.10. The third-order valence-electron chi connectivity index (χ3n) is 10.8. The van der Waals surface area contributed by atoms with Crippen molar-refractivity contribution < 1.29 is 38.2 Å². The molecule has 1 aromatic carbocycles. The first-order valence-electron chi connectivity index (χ1n) is 17.4. The zero-order valence-electron chi connectivity index (χ0n) is 28.5. The second kappa shape index (κ2) is 13.8. The Morgan fingerprint density at radius 2 is 1.75 bits per heavy atom. The second-order valence-corrected chi connectivity index (χ2v) is 14.8. The van der Waals surface area contributed by atoms with Gasteiger partial charge in [-0.2, -0.15) is 0 Å². The standard InChI is InChI=1S/C36H47BrFN3O7/c1-6-8-15-46-31-25-21(28(38)23(27(31)37)19(3)41-13-11-10-12-14-41)17-20-18-22-29(40(4)5)32-26(35(39-48-32)47-16-9-7-2)34(44)36(22,45)33(43)24(20)30(25)42/h19-20,22,29,42,45H,6-18H2,1-5H3/t19?,20-,22-,29-,36-/m0/s1. The molecule has 262 valence electrons. The van der Waals surface area contributed by atoms with Crippen LogP contribution in [0.2, 0.25) is 0 Å². The molecular formula is C36H47BrFN3O7. The monoisotopic (exact) mass is 731 g/mol. The Balaban J connectivity index is 1.49. The first kappa shape index (κ1) is 35.0. The molecule has 1 saturated heterocycles. The molecule has 3 aliphatic carbocycles. The van der Waals surface area contributed by atoms with Crippen molar-refractivity contribution in [2.24, 2.45) is 11.8 Å². The third-order valence-corrected chi connectivity index (χ3v) is 11.6. The Morgan fingerprint density at radius 1 is 1.08 bits per heavy atom. The first-order chi connectivity index (χ1) is 23.0. The molecule has 0 amide bonds. The minimum Gasteiger partial charge on any atom is -0.507 e. The second-order valence-electron chi connectivity index (χ2n) is 14.0. The zero-order chi connectivity index (χ0) is 34.5. The van der Waals surface area contributed by atoms with E-state index in [1.165, 1.54) is 0 Å². The van der Waals surface area contributed by atoms with Gasteiger partial charge in [0.05, 0.1) is 29.3 Å². The van der Waals surface area contributed by atoms with Crippen LogP contribution in [-0.4, -0.2) is 82.7 Å². The predicted octanol–water partition coefficient (Wildman–Crippen LogP) is 6.74. The van der Waals surface area contributed by atoms with Gasteiger partial charge in [-0.3, -0.25) is 19.4 Å². The number of unbranched alkanes of at least 4 members (excludes halogenated alkanes) is 2. The van der Waals surface area contributed by atoms with Gasteiger partial charge in [-0.15, -0.1) is 0 Å². The quantitative estimate of drug-likeness (QED) is 0.190. The van der Waals surface area contributed by atoms with Crippen molar-refractivity contribution in [3.05, 3.63) is 43.9 Å². The molecule has 1 unspecified atom stereocenters. The van der Waals surface area contributed by atoms with Crippen LogP contribution in [0.5, 0.6) is 11.6 Å². The lowest BCUT2D eigenvalue weighted by molar-refractivity contribution is -0.142. The molecule has 2 N–H and O–H groups in total. The maximum atomic E-state index is 16.9. The van der Waals surface area contributed by atoms with E-state index in [4.69, 9.17) is 14.0 Å². The minimum absolute atomic E-state index is 0.0552. The zero-order valence-corrected chi connectivity index (χ0v) is 30.1. The molecule has 0 spiro atoms. The molecule has 1 aromatic heterocycles. The SMILES string of the molecule is CCCCOc1noc2c1C(=O)[C@@]1(O)C(=O)C3=C(O)c4c(c(F)c(C(C)N5CCCCC5)c(Br)c4OCCCC)C[C@H]3C[C@H]1[C@@H]2N(C)C. The number of hydrogen-bond donors (Lipinski definition) is 2. The van der Waals surface area contributed by atoms with Crippen LogP contribution in [0.15, 0.2) is 14.6 Å². The topological polar surface area (TPSA) is 126 Å². The van der Waals surface area contributed by atoms with E-state index >= 15 is 4.39 Å². The third kappa shape index (κ3) is 5.51. The predicted molar refractivity (Wildman–Crippen MR) is 181 cm³/mol. The van der Waals surface area contributed by atoms with Crippen molar-refractivity contribution in [1.29, 1.82) is 0 Å². The van der Waals surface area contributed by atoms with Gasteiger partial charge < -0.3 is 24.2 Å². The van der Waals surface area contributed by atoms with E-state index in [2.05, 4.69) is 26.0 Å². The molecule has 0 radical (unpaired) electrons. The summed E-state index contributed by atoms with van der Waals surface area (Å²) in [6, 6.07) is -0.957. The molecule has 4 aliphatic rings. The molecule has 1 saturated carbocycles. The number of hydrogen-bond acceptors (Lipinski definition) is 10. The van der Waals surface area contributed by atoms with Gasteiger partial charge in [-0.25, -0.2) is 4.39 Å². The smallest absolute Gasteiger partial charge is 0.265 e. The average Bonchev–Trinajstić information content (AvgIpc) is 3.48. The number of halogens is 2. The van der Waals surface area contributed by atoms with E-state index in [0.717, 1.165) is 51.6 Å². The van der Waals surface area contributed by atoms with Crippen molar-refractivity contribution >= 4 is 33.3 Å². The number of nitrogens with zero attached hydrogens (tertiary/aromatic N) is 3. The summed E-state index contributed by atoms with van der Waals surface area (Å²) < 4.78 is 35.1.